The SMILES string of the molecule is C=C1C[C@@]23CC[C@H]4[C@](COC(=O)/C(C)=C\C)(C(=O)O)CCC[C@@]4(C)[C@@H]2CC[C@@H]1C3. The monoisotopic (exact) mass is 400 g/mol. The van der Waals surface area contributed by atoms with Gasteiger partial charge in [-0.15, -0.1) is 0 Å². The van der Waals surface area contributed by atoms with Crippen molar-refractivity contribution in [3.05, 3.63) is 23.8 Å². The average Bonchev–Trinajstić information content (AvgIpc) is 2.92. The number of fused-ring (bicyclic) bond motifs is 3. The van der Waals surface area contributed by atoms with Crippen molar-refractivity contribution in [1.82, 2.24) is 0 Å². The van der Waals surface area contributed by atoms with Crippen molar-refractivity contribution in [3.63, 3.8) is 0 Å². The first-order valence-corrected chi connectivity index (χ1v) is 11.4. The Bertz CT molecular complexity index is 767. The summed E-state index contributed by atoms with van der Waals surface area (Å²) in [4.78, 5) is 25.0. The standard InChI is InChI=1S/C25H36O4/c1-5-16(2)21(26)29-15-25(22(27)28)11-6-10-23(4)19-8-7-18-14-24(19,13-17(18)3)12-9-20(23)25/h5,18-20H,3,6-15H2,1-2,4H3,(H,27,28)/b16-5-/t18-,19+,20-,23+,24-,25+/m1/s1. The minimum absolute atomic E-state index is 0.00164. The second-order valence-corrected chi connectivity index (χ2v) is 10.7. The molecule has 0 heterocycles. The molecule has 1 N–H and O–H groups in total. The summed E-state index contributed by atoms with van der Waals surface area (Å²) in [6, 6.07) is 0. The first kappa shape index (κ1) is 20.7. The molecule has 2 bridgehead atoms. The Morgan fingerprint density at radius 2 is 1.97 bits per heavy atom. The van der Waals surface area contributed by atoms with Gasteiger partial charge in [-0.3, -0.25) is 4.79 Å². The lowest BCUT2D eigenvalue weighted by Gasteiger charge is -2.63. The molecule has 0 aliphatic heterocycles. The van der Waals surface area contributed by atoms with Crippen LogP contribution in [0.4, 0.5) is 0 Å². The number of hydrogen-bond donors (Lipinski definition) is 1. The van der Waals surface area contributed by atoms with E-state index in [0.717, 1.165) is 32.1 Å². The predicted octanol–water partition coefficient (Wildman–Crippen LogP) is 5.53. The molecule has 0 aromatic heterocycles. The van der Waals surface area contributed by atoms with Gasteiger partial charge in [-0.25, -0.2) is 4.79 Å². The van der Waals surface area contributed by atoms with Gasteiger partial charge in [0.1, 0.15) is 12.0 Å². The Balaban J connectivity index is 1.65. The Hall–Kier alpha value is -1.58. The van der Waals surface area contributed by atoms with Crippen LogP contribution in [0.15, 0.2) is 23.8 Å². The third-order valence-electron chi connectivity index (χ3n) is 9.52. The topological polar surface area (TPSA) is 63.6 Å². The van der Waals surface area contributed by atoms with Gasteiger partial charge in [0, 0.05) is 5.57 Å². The number of rotatable bonds is 4. The van der Waals surface area contributed by atoms with Gasteiger partial charge in [0.05, 0.1) is 0 Å². The van der Waals surface area contributed by atoms with Gasteiger partial charge in [0.15, 0.2) is 0 Å². The van der Waals surface area contributed by atoms with Gasteiger partial charge in [0.2, 0.25) is 0 Å². The van der Waals surface area contributed by atoms with Gasteiger partial charge in [-0.1, -0.05) is 31.6 Å². The van der Waals surface area contributed by atoms with E-state index in [2.05, 4.69) is 13.5 Å². The highest BCUT2D eigenvalue weighted by Crippen LogP contribution is 2.72. The van der Waals surface area contributed by atoms with Crippen LogP contribution in [0.5, 0.6) is 0 Å². The van der Waals surface area contributed by atoms with Crippen LogP contribution in [-0.2, 0) is 14.3 Å². The Labute approximate surface area is 174 Å². The molecule has 0 unspecified atom stereocenters. The lowest BCUT2D eigenvalue weighted by molar-refractivity contribution is -0.195. The van der Waals surface area contributed by atoms with Crippen LogP contribution in [0.1, 0.15) is 78.6 Å². The van der Waals surface area contributed by atoms with Gasteiger partial charge in [-0.2, -0.15) is 0 Å². The Kier molecular flexibility index (Phi) is 4.99. The van der Waals surface area contributed by atoms with Crippen molar-refractivity contribution >= 4 is 11.9 Å². The second kappa shape index (κ2) is 6.99. The molecule has 4 nitrogen and oxygen atoms in total. The quantitative estimate of drug-likeness (QED) is 0.383. The summed E-state index contributed by atoms with van der Waals surface area (Å²) in [5.74, 6) is 0.154. The molecule has 4 aliphatic carbocycles. The van der Waals surface area contributed by atoms with E-state index in [4.69, 9.17) is 4.74 Å². The van der Waals surface area contributed by atoms with Crippen LogP contribution in [0.3, 0.4) is 0 Å². The lowest BCUT2D eigenvalue weighted by atomic mass is 9.41. The molecule has 4 aliphatic rings. The van der Waals surface area contributed by atoms with Crippen molar-refractivity contribution in [2.45, 2.75) is 78.6 Å². The zero-order valence-electron chi connectivity index (χ0n) is 18.3. The fourth-order valence-electron chi connectivity index (χ4n) is 8.08. The van der Waals surface area contributed by atoms with Crippen molar-refractivity contribution in [3.8, 4) is 0 Å². The summed E-state index contributed by atoms with van der Waals surface area (Å²) in [6.45, 7) is 10.3. The molecular weight excluding hydrogens is 364 g/mol. The van der Waals surface area contributed by atoms with E-state index in [-0.39, 0.29) is 23.9 Å². The maximum Gasteiger partial charge on any atom is 0.333 e. The van der Waals surface area contributed by atoms with Crippen LogP contribution in [0, 0.1) is 34.0 Å². The van der Waals surface area contributed by atoms with Crippen LogP contribution in [0.25, 0.3) is 0 Å². The maximum absolute atomic E-state index is 12.7. The zero-order chi connectivity index (χ0) is 21.0. The zero-order valence-corrected chi connectivity index (χ0v) is 18.3. The number of allylic oxidation sites excluding steroid dienone is 2. The van der Waals surface area contributed by atoms with E-state index in [1.54, 1.807) is 19.9 Å². The molecule has 4 fully saturated rings. The van der Waals surface area contributed by atoms with Crippen molar-refractivity contribution in [2.75, 3.05) is 6.61 Å². The fourth-order valence-corrected chi connectivity index (χ4v) is 8.08. The van der Waals surface area contributed by atoms with Crippen molar-refractivity contribution in [2.24, 2.45) is 34.0 Å². The number of carboxylic acids is 1. The highest BCUT2D eigenvalue weighted by molar-refractivity contribution is 5.88. The smallest absolute Gasteiger partial charge is 0.333 e. The first-order valence-electron chi connectivity index (χ1n) is 11.4. The van der Waals surface area contributed by atoms with E-state index in [1.165, 1.54) is 24.8 Å². The highest BCUT2D eigenvalue weighted by Gasteiger charge is 2.66. The van der Waals surface area contributed by atoms with Crippen LogP contribution >= 0.6 is 0 Å². The molecule has 0 saturated heterocycles. The Morgan fingerprint density at radius 1 is 1.21 bits per heavy atom. The summed E-state index contributed by atoms with van der Waals surface area (Å²) >= 11 is 0. The molecule has 6 atom stereocenters. The second-order valence-electron chi connectivity index (χ2n) is 10.7. The van der Waals surface area contributed by atoms with Crippen LogP contribution in [0.2, 0.25) is 0 Å². The van der Waals surface area contributed by atoms with Gasteiger partial charge in [-0.05, 0) is 93.8 Å². The molecule has 4 saturated carbocycles. The molecular formula is C25H36O4. The minimum atomic E-state index is -0.954. The molecule has 0 radical (unpaired) electrons. The van der Waals surface area contributed by atoms with E-state index in [9.17, 15) is 14.7 Å². The average molecular weight is 401 g/mol. The molecule has 0 aromatic carbocycles. The summed E-state index contributed by atoms with van der Waals surface area (Å²) in [5.41, 5.74) is 1.36. The number of aliphatic carboxylic acids is 1. The van der Waals surface area contributed by atoms with Crippen molar-refractivity contribution in [1.29, 1.82) is 0 Å². The molecule has 0 amide bonds. The van der Waals surface area contributed by atoms with E-state index >= 15 is 0 Å². The lowest BCUT2D eigenvalue weighted by Crippen LogP contribution is -2.60. The summed E-state index contributed by atoms with van der Waals surface area (Å²) < 4.78 is 5.60. The third-order valence-corrected chi connectivity index (χ3v) is 9.52. The minimum Gasteiger partial charge on any atom is -0.481 e. The number of hydrogen-bond acceptors (Lipinski definition) is 3. The first-order chi connectivity index (χ1) is 13.7. The largest absolute Gasteiger partial charge is 0.481 e. The highest BCUT2D eigenvalue weighted by atomic mass is 16.5. The van der Waals surface area contributed by atoms with E-state index < -0.39 is 11.4 Å². The fraction of sp³-hybridized carbons (Fsp3) is 0.760. The molecule has 1 spiro atoms. The van der Waals surface area contributed by atoms with E-state index in [1.807, 2.05) is 0 Å². The van der Waals surface area contributed by atoms with Crippen molar-refractivity contribution < 1.29 is 19.4 Å². The summed E-state index contributed by atoms with van der Waals surface area (Å²) in [5, 5.41) is 10.4. The third kappa shape index (κ3) is 2.92. The summed E-state index contributed by atoms with van der Waals surface area (Å²) in [7, 11) is 0. The molecule has 4 heteroatoms. The number of carboxylic acid groups (broad SMARTS) is 1. The molecule has 160 valence electrons. The van der Waals surface area contributed by atoms with Crippen LogP contribution in [-0.4, -0.2) is 23.7 Å². The molecule has 0 aromatic rings. The number of esters is 1. The number of carbonyl (C=O) groups excluding carboxylic acids is 1. The molecule has 4 rings (SSSR count). The van der Waals surface area contributed by atoms with Gasteiger partial charge < -0.3 is 9.84 Å². The van der Waals surface area contributed by atoms with Gasteiger partial charge in [0.25, 0.3) is 0 Å². The maximum atomic E-state index is 12.7. The predicted molar refractivity (Wildman–Crippen MR) is 112 cm³/mol. The Morgan fingerprint density at radius 3 is 2.66 bits per heavy atom. The van der Waals surface area contributed by atoms with E-state index in [0.29, 0.717) is 29.2 Å². The summed E-state index contributed by atoms with van der Waals surface area (Å²) in [6.07, 6.45) is 11.2. The van der Waals surface area contributed by atoms with Crippen LogP contribution < -0.4 is 0 Å². The number of ether oxygens (including phenoxy) is 1. The number of carbonyl (C=O) groups is 2. The molecule has 29 heavy (non-hydrogen) atoms. The normalized spacial score (nSPS) is 44.0. The van der Waals surface area contributed by atoms with Gasteiger partial charge >= 0.3 is 11.9 Å².